The van der Waals surface area contributed by atoms with Gasteiger partial charge in [-0.1, -0.05) is 17.7 Å². The summed E-state index contributed by atoms with van der Waals surface area (Å²) >= 11 is 6.16. The summed E-state index contributed by atoms with van der Waals surface area (Å²) in [6.07, 6.45) is 1.70. The molecule has 0 radical (unpaired) electrons. The van der Waals surface area contributed by atoms with Gasteiger partial charge in [-0.05, 0) is 61.9 Å². The Hall–Kier alpha value is -2.79. The minimum absolute atomic E-state index is 0.507. The molecule has 2 N–H and O–H groups in total. The predicted molar refractivity (Wildman–Crippen MR) is 102 cm³/mol. The van der Waals surface area contributed by atoms with E-state index in [1.165, 1.54) is 0 Å². The molecule has 6 heteroatoms. The van der Waals surface area contributed by atoms with Gasteiger partial charge in [-0.2, -0.15) is 4.98 Å². The van der Waals surface area contributed by atoms with E-state index in [0.29, 0.717) is 23.4 Å². The molecule has 0 saturated carbocycles. The molecule has 3 rings (SSSR count). The molecule has 2 aromatic carbocycles. The second-order valence-corrected chi connectivity index (χ2v) is 5.84. The highest BCUT2D eigenvalue weighted by molar-refractivity contribution is 6.31. The number of hydrogen-bond donors (Lipinski definition) is 2. The minimum atomic E-state index is 0.507. The molecule has 128 valence electrons. The maximum absolute atomic E-state index is 6.16. The predicted octanol–water partition coefficient (Wildman–Crippen LogP) is 5.32. The van der Waals surface area contributed by atoms with Crippen molar-refractivity contribution in [1.29, 1.82) is 0 Å². The van der Waals surface area contributed by atoms with Crippen LogP contribution in [0.25, 0.3) is 0 Å². The second kappa shape index (κ2) is 7.85. The average molecular weight is 355 g/mol. The van der Waals surface area contributed by atoms with E-state index in [4.69, 9.17) is 16.3 Å². The molecule has 0 atom stereocenters. The van der Waals surface area contributed by atoms with Crippen molar-refractivity contribution in [3.63, 3.8) is 0 Å². The average Bonchev–Trinajstić information content (AvgIpc) is 2.61. The molecular formula is C19H19ClN4O. The summed E-state index contributed by atoms with van der Waals surface area (Å²) in [4.78, 5) is 8.71. The molecule has 0 bridgehead atoms. The molecule has 0 spiro atoms. The first kappa shape index (κ1) is 17.0. The first-order chi connectivity index (χ1) is 12.1. The van der Waals surface area contributed by atoms with Crippen LogP contribution in [-0.4, -0.2) is 16.6 Å². The lowest BCUT2D eigenvalue weighted by molar-refractivity contribution is 0.340. The molecule has 0 fully saturated rings. The number of aromatic nitrogens is 2. The number of rotatable bonds is 6. The first-order valence-corrected chi connectivity index (χ1v) is 8.38. The Morgan fingerprint density at radius 3 is 2.48 bits per heavy atom. The lowest BCUT2D eigenvalue weighted by Gasteiger charge is -2.10. The summed E-state index contributed by atoms with van der Waals surface area (Å²) < 4.78 is 5.43. The van der Waals surface area contributed by atoms with E-state index in [-0.39, 0.29) is 0 Å². The topological polar surface area (TPSA) is 59.1 Å². The zero-order valence-corrected chi connectivity index (χ0v) is 14.8. The van der Waals surface area contributed by atoms with Gasteiger partial charge < -0.3 is 15.4 Å². The summed E-state index contributed by atoms with van der Waals surface area (Å²) in [5.74, 6) is 2.02. The van der Waals surface area contributed by atoms with Gasteiger partial charge in [0.15, 0.2) is 0 Å². The highest BCUT2D eigenvalue weighted by Gasteiger charge is 2.03. The van der Waals surface area contributed by atoms with E-state index >= 15 is 0 Å². The highest BCUT2D eigenvalue weighted by Crippen LogP contribution is 2.23. The van der Waals surface area contributed by atoms with Crippen LogP contribution < -0.4 is 15.4 Å². The molecule has 1 aromatic heterocycles. The number of anilines is 4. The maximum atomic E-state index is 6.16. The van der Waals surface area contributed by atoms with Crippen LogP contribution >= 0.6 is 11.6 Å². The molecule has 0 aliphatic rings. The number of hydrogen-bond acceptors (Lipinski definition) is 5. The SMILES string of the molecule is CCOc1ccc(Nc2nccc(Nc3ccc(C)c(Cl)c3)n2)cc1. The monoisotopic (exact) mass is 354 g/mol. The second-order valence-electron chi connectivity index (χ2n) is 5.44. The third-order valence-corrected chi connectivity index (χ3v) is 3.93. The van der Waals surface area contributed by atoms with Gasteiger partial charge in [0.25, 0.3) is 0 Å². The van der Waals surface area contributed by atoms with Crippen LogP contribution in [0.1, 0.15) is 12.5 Å². The Morgan fingerprint density at radius 2 is 1.76 bits per heavy atom. The summed E-state index contributed by atoms with van der Waals surface area (Å²) in [5, 5.41) is 7.12. The van der Waals surface area contributed by atoms with Gasteiger partial charge in [-0.3, -0.25) is 0 Å². The molecule has 1 heterocycles. The smallest absolute Gasteiger partial charge is 0.229 e. The molecule has 5 nitrogen and oxygen atoms in total. The van der Waals surface area contributed by atoms with Gasteiger partial charge >= 0.3 is 0 Å². The molecule has 0 aliphatic heterocycles. The van der Waals surface area contributed by atoms with Gasteiger partial charge in [-0.25, -0.2) is 4.98 Å². The van der Waals surface area contributed by atoms with Crippen molar-refractivity contribution in [2.75, 3.05) is 17.2 Å². The maximum Gasteiger partial charge on any atom is 0.229 e. The lowest BCUT2D eigenvalue weighted by atomic mass is 10.2. The number of nitrogens with zero attached hydrogens (tertiary/aromatic N) is 2. The van der Waals surface area contributed by atoms with Gasteiger partial charge in [0.05, 0.1) is 6.61 Å². The molecular weight excluding hydrogens is 336 g/mol. The Morgan fingerprint density at radius 1 is 1.00 bits per heavy atom. The first-order valence-electron chi connectivity index (χ1n) is 8.00. The molecule has 0 amide bonds. The van der Waals surface area contributed by atoms with Gasteiger partial charge in [-0.15, -0.1) is 0 Å². The number of nitrogens with one attached hydrogen (secondary N) is 2. The molecule has 25 heavy (non-hydrogen) atoms. The highest BCUT2D eigenvalue weighted by atomic mass is 35.5. The normalized spacial score (nSPS) is 10.4. The Kier molecular flexibility index (Phi) is 5.36. The summed E-state index contributed by atoms with van der Waals surface area (Å²) in [7, 11) is 0. The van der Waals surface area contributed by atoms with Crippen LogP contribution in [0, 0.1) is 6.92 Å². The minimum Gasteiger partial charge on any atom is -0.494 e. The van der Waals surface area contributed by atoms with Crippen molar-refractivity contribution in [1.82, 2.24) is 9.97 Å². The summed E-state index contributed by atoms with van der Waals surface area (Å²) in [6, 6.07) is 15.3. The van der Waals surface area contributed by atoms with Crippen LogP contribution in [0.2, 0.25) is 5.02 Å². The van der Waals surface area contributed by atoms with Crippen molar-refractivity contribution >= 4 is 34.7 Å². The van der Waals surface area contributed by atoms with E-state index in [1.54, 1.807) is 12.3 Å². The summed E-state index contributed by atoms with van der Waals surface area (Å²) in [5.41, 5.74) is 2.80. The van der Waals surface area contributed by atoms with Crippen LogP contribution in [0.4, 0.5) is 23.1 Å². The third-order valence-electron chi connectivity index (χ3n) is 3.52. The van der Waals surface area contributed by atoms with Crippen LogP contribution in [0.3, 0.4) is 0 Å². The molecule has 0 saturated heterocycles. The lowest BCUT2D eigenvalue weighted by Crippen LogP contribution is -2.00. The van der Waals surface area contributed by atoms with Gasteiger partial charge in [0.2, 0.25) is 5.95 Å². The fourth-order valence-corrected chi connectivity index (χ4v) is 2.42. The van der Waals surface area contributed by atoms with E-state index in [2.05, 4.69) is 20.6 Å². The van der Waals surface area contributed by atoms with E-state index < -0.39 is 0 Å². The number of ether oxygens (including phenoxy) is 1. The Balaban J connectivity index is 1.71. The van der Waals surface area contributed by atoms with Crippen molar-refractivity contribution in [2.45, 2.75) is 13.8 Å². The quantitative estimate of drug-likeness (QED) is 0.627. The van der Waals surface area contributed by atoms with Crippen molar-refractivity contribution < 1.29 is 4.74 Å². The van der Waals surface area contributed by atoms with E-state index in [0.717, 1.165) is 22.7 Å². The molecule has 0 unspecified atom stereocenters. The largest absolute Gasteiger partial charge is 0.494 e. The van der Waals surface area contributed by atoms with E-state index in [9.17, 15) is 0 Å². The van der Waals surface area contributed by atoms with Crippen LogP contribution in [0.15, 0.2) is 54.7 Å². The molecule has 0 aliphatic carbocycles. The Bertz CT molecular complexity index is 852. The number of aryl methyl sites for hydroxylation is 1. The van der Waals surface area contributed by atoms with Crippen molar-refractivity contribution in [2.24, 2.45) is 0 Å². The van der Waals surface area contributed by atoms with Gasteiger partial charge in [0.1, 0.15) is 11.6 Å². The zero-order chi connectivity index (χ0) is 17.6. The van der Waals surface area contributed by atoms with Crippen molar-refractivity contribution in [3.8, 4) is 5.75 Å². The van der Waals surface area contributed by atoms with Crippen LogP contribution in [-0.2, 0) is 0 Å². The molecule has 3 aromatic rings. The van der Waals surface area contributed by atoms with Gasteiger partial charge in [0, 0.05) is 22.6 Å². The van der Waals surface area contributed by atoms with Crippen molar-refractivity contribution in [3.05, 3.63) is 65.3 Å². The standard InChI is InChI=1S/C19H19ClN4O/c1-3-25-16-8-6-14(7-9-16)23-19-21-11-10-18(24-19)22-15-5-4-13(2)17(20)12-15/h4-12H,3H2,1-2H3,(H2,21,22,23,24). The fraction of sp³-hybridized carbons (Fsp3) is 0.158. The van der Waals surface area contributed by atoms with E-state index in [1.807, 2.05) is 56.3 Å². The third kappa shape index (κ3) is 4.61. The zero-order valence-electron chi connectivity index (χ0n) is 14.1. The number of benzene rings is 2. The summed E-state index contributed by atoms with van der Waals surface area (Å²) in [6.45, 7) is 4.57. The Labute approximate surface area is 152 Å². The van der Waals surface area contributed by atoms with Crippen LogP contribution in [0.5, 0.6) is 5.75 Å². The number of halogens is 1. The fourth-order valence-electron chi connectivity index (χ4n) is 2.24.